The molecule has 2 rings (SSSR count). The lowest BCUT2D eigenvalue weighted by Crippen LogP contribution is -2.42. The molecule has 94 valence electrons. The Labute approximate surface area is 104 Å². The first kappa shape index (κ1) is 12.6. The predicted octanol–water partition coefficient (Wildman–Crippen LogP) is 1.18. The Morgan fingerprint density at radius 2 is 2.00 bits per heavy atom. The third kappa shape index (κ3) is 3.53. The number of rotatable bonds is 4. The van der Waals surface area contributed by atoms with Gasteiger partial charge in [-0.05, 0) is 26.1 Å². The first-order valence-corrected chi connectivity index (χ1v) is 6.21. The zero-order valence-electron chi connectivity index (χ0n) is 10.8. The summed E-state index contributed by atoms with van der Waals surface area (Å²) in [5.41, 5.74) is 0.791. The minimum absolute atomic E-state index is 0.529. The van der Waals surface area contributed by atoms with Gasteiger partial charge in [0.05, 0.1) is 5.60 Å². The lowest BCUT2D eigenvalue weighted by atomic mass is 10.0. The van der Waals surface area contributed by atoms with Gasteiger partial charge in [-0.25, -0.2) is 0 Å². The first-order chi connectivity index (χ1) is 8.07. The maximum atomic E-state index is 10.4. The quantitative estimate of drug-likeness (QED) is 0.847. The van der Waals surface area contributed by atoms with E-state index in [4.69, 9.17) is 0 Å². The van der Waals surface area contributed by atoms with Crippen molar-refractivity contribution < 1.29 is 5.11 Å². The molecular formula is C14H22N2O. The van der Waals surface area contributed by atoms with E-state index in [1.807, 2.05) is 20.2 Å². The number of likely N-dealkylation sites (tertiary alicyclic amines) is 1. The normalized spacial score (nSPS) is 25.6. The molecule has 1 aliphatic rings. The van der Waals surface area contributed by atoms with E-state index in [1.54, 1.807) is 0 Å². The summed E-state index contributed by atoms with van der Waals surface area (Å²) in [6, 6.07) is 10.5. The van der Waals surface area contributed by atoms with E-state index in [9.17, 15) is 5.11 Å². The standard InChI is InChI=1S/C14H22N2O/c1-15(2)11-14(17)8-9-16(12-14)10-13-6-4-3-5-7-13/h3-7,17H,8-12H2,1-2H3/t14-/m0/s1. The Bertz CT molecular complexity index is 352. The average molecular weight is 234 g/mol. The summed E-state index contributed by atoms with van der Waals surface area (Å²) < 4.78 is 0. The Morgan fingerprint density at radius 3 is 2.65 bits per heavy atom. The summed E-state index contributed by atoms with van der Waals surface area (Å²) >= 11 is 0. The molecule has 17 heavy (non-hydrogen) atoms. The van der Waals surface area contributed by atoms with Crippen LogP contribution in [0.4, 0.5) is 0 Å². The smallest absolute Gasteiger partial charge is 0.0912 e. The number of nitrogens with zero attached hydrogens (tertiary/aromatic N) is 2. The summed E-state index contributed by atoms with van der Waals surface area (Å²) in [5, 5.41) is 10.4. The number of benzene rings is 1. The molecule has 1 aromatic rings. The largest absolute Gasteiger partial charge is 0.387 e. The van der Waals surface area contributed by atoms with Crippen LogP contribution >= 0.6 is 0 Å². The summed E-state index contributed by atoms with van der Waals surface area (Å²) in [5.74, 6) is 0. The SMILES string of the molecule is CN(C)C[C@@]1(O)CCN(Cc2ccccc2)C1. The molecule has 1 atom stereocenters. The van der Waals surface area contributed by atoms with Crippen LogP contribution in [0.5, 0.6) is 0 Å². The van der Waals surface area contributed by atoms with Gasteiger partial charge in [0.1, 0.15) is 0 Å². The van der Waals surface area contributed by atoms with E-state index in [0.29, 0.717) is 0 Å². The molecule has 0 aliphatic carbocycles. The number of hydrogen-bond acceptors (Lipinski definition) is 3. The van der Waals surface area contributed by atoms with Crippen LogP contribution in [0.2, 0.25) is 0 Å². The molecule has 1 heterocycles. The van der Waals surface area contributed by atoms with E-state index >= 15 is 0 Å². The topological polar surface area (TPSA) is 26.7 Å². The summed E-state index contributed by atoms with van der Waals surface area (Å²) in [7, 11) is 4.02. The second kappa shape index (κ2) is 5.17. The Hall–Kier alpha value is -0.900. The van der Waals surface area contributed by atoms with Crippen molar-refractivity contribution in [3.05, 3.63) is 35.9 Å². The highest BCUT2D eigenvalue weighted by Gasteiger charge is 2.36. The lowest BCUT2D eigenvalue weighted by molar-refractivity contribution is 0.0240. The molecule has 1 aliphatic heterocycles. The van der Waals surface area contributed by atoms with Gasteiger partial charge < -0.3 is 10.0 Å². The van der Waals surface area contributed by atoms with Crippen LogP contribution < -0.4 is 0 Å². The second-order valence-corrected chi connectivity index (χ2v) is 5.41. The number of hydrogen-bond donors (Lipinski definition) is 1. The first-order valence-electron chi connectivity index (χ1n) is 6.21. The molecule has 0 aromatic heterocycles. The monoisotopic (exact) mass is 234 g/mol. The van der Waals surface area contributed by atoms with Gasteiger partial charge in [0.2, 0.25) is 0 Å². The molecule has 0 amide bonds. The third-order valence-corrected chi connectivity index (χ3v) is 3.27. The molecule has 0 radical (unpaired) electrons. The summed E-state index contributed by atoms with van der Waals surface area (Å²) in [6.45, 7) is 3.45. The lowest BCUT2D eigenvalue weighted by Gasteiger charge is -2.26. The highest BCUT2D eigenvalue weighted by molar-refractivity contribution is 5.15. The van der Waals surface area contributed by atoms with Gasteiger partial charge in [-0.15, -0.1) is 0 Å². The zero-order valence-corrected chi connectivity index (χ0v) is 10.8. The van der Waals surface area contributed by atoms with Crippen molar-refractivity contribution in [3.63, 3.8) is 0 Å². The molecule has 3 heteroatoms. The number of aliphatic hydroxyl groups is 1. The van der Waals surface area contributed by atoms with Crippen LogP contribution in [-0.4, -0.2) is 54.2 Å². The van der Waals surface area contributed by atoms with Crippen LogP contribution in [-0.2, 0) is 6.54 Å². The van der Waals surface area contributed by atoms with Gasteiger partial charge >= 0.3 is 0 Å². The van der Waals surface area contributed by atoms with Crippen molar-refractivity contribution in [2.45, 2.75) is 18.6 Å². The van der Waals surface area contributed by atoms with Crippen molar-refractivity contribution in [2.24, 2.45) is 0 Å². The van der Waals surface area contributed by atoms with Crippen LogP contribution in [0.15, 0.2) is 30.3 Å². The maximum Gasteiger partial charge on any atom is 0.0912 e. The van der Waals surface area contributed by atoms with Crippen LogP contribution in [0.1, 0.15) is 12.0 Å². The van der Waals surface area contributed by atoms with Crippen LogP contribution in [0, 0.1) is 0 Å². The van der Waals surface area contributed by atoms with Gasteiger partial charge in [0.15, 0.2) is 0 Å². The van der Waals surface area contributed by atoms with E-state index in [2.05, 4.69) is 34.1 Å². The van der Waals surface area contributed by atoms with Crippen molar-refractivity contribution in [1.82, 2.24) is 9.80 Å². The predicted molar refractivity (Wildman–Crippen MR) is 69.8 cm³/mol. The van der Waals surface area contributed by atoms with E-state index < -0.39 is 5.60 Å². The molecule has 0 spiro atoms. The van der Waals surface area contributed by atoms with Crippen LogP contribution in [0.3, 0.4) is 0 Å². The molecule has 0 saturated carbocycles. The second-order valence-electron chi connectivity index (χ2n) is 5.41. The van der Waals surface area contributed by atoms with Crippen molar-refractivity contribution in [2.75, 3.05) is 33.7 Å². The molecule has 1 N–H and O–H groups in total. The molecule has 1 fully saturated rings. The molecule has 1 saturated heterocycles. The van der Waals surface area contributed by atoms with Crippen molar-refractivity contribution in [1.29, 1.82) is 0 Å². The van der Waals surface area contributed by atoms with Gasteiger partial charge in [-0.2, -0.15) is 0 Å². The molecule has 3 nitrogen and oxygen atoms in total. The number of β-amino-alcohol motifs (C(OH)–C–C–N with tert-alkyl or cyclic N) is 1. The van der Waals surface area contributed by atoms with Gasteiger partial charge in [-0.1, -0.05) is 30.3 Å². The maximum absolute atomic E-state index is 10.4. The van der Waals surface area contributed by atoms with E-state index in [1.165, 1.54) is 5.56 Å². The summed E-state index contributed by atoms with van der Waals surface area (Å²) in [4.78, 5) is 4.39. The molecular weight excluding hydrogens is 212 g/mol. The third-order valence-electron chi connectivity index (χ3n) is 3.27. The van der Waals surface area contributed by atoms with Crippen molar-refractivity contribution >= 4 is 0 Å². The van der Waals surface area contributed by atoms with Crippen LogP contribution in [0.25, 0.3) is 0 Å². The van der Waals surface area contributed by atoms with E-state index in [-0.39, 0.29) is 0 Å². The zero-order chi connectivity index (χ0) is 12.3. The van der Waals surface area contributed by atoms with Gasteiger partial charge in [0.25, 0.3) is 0 Å². The molecule has 1 aromatic carbocycles. The molecule has 0 bridgehead atoms. The Morgan fingerprint density at radius 1 is 1.29 bits per heavy atom. The highest BCUT2D eigenvalue weighted by Crippen LogP contribution is 2.23. The fourth-order valence-electron chi connectivity index (χ4n) is 2.63. The fourth-order valence-corrected chi connectivity index (χ4v) is 2.63. The average Bonchev–Trinajstić information content (AvgIpc) is 2.60. The van der Waals surface area contributed by atoms with E-state index in [0.717, 1.165) is 32.6 Å². The summed E-state index contributed by atoms with van der Waals surface area (Å²) in [6.07, 6.45) is 0.873. The Balaban J connectivity index is 1.90. The minimum atomic E-state index is -0.529. The van der Waals surface area contributed by atoms with Crippen molar-refractivity contribution in [3.8, 4) is 0 Å². The van der Waals surface area contributed by atoms with Gasteiger partial charge in [-0.3, -0.25) is 4.90 Å². The van der Waals surface area contributed by atoms with Gasteiger partial charge in [0, 0.05) is 26.2 Å². The number of likely N-dealkylation sites (N-methyl/N-ethyl adjacent to an activating group) is 1. The highest BCUT2D eigenvalue weighted by atomic mass is 16.3. The minimum Gasteiger partial charge on any atom is -0.387 e. The Kier molecular flexibility index (Phi) is 3.82. The fraction of sp³-hybridized carbons (Fsp3) is 0.571. The molecule has 0 unspecified atom stereocenters.